The topological polar surface area (TPSA) is 46.5 Å². The van der Waals surface area contributed by atoms with E-state index in [-0.39, 0.29) is 0 Å². The van der Waals surface area contributed by atoms with E-state index in [0.29, 0.717) is 5.75 Å². The Hall–Kier alpha value is -2.29. The molecule has 0 unspecified atom stereocenters. The lowest BCUT2D eigenvalue weighted by Gasteiger charge is -2.13. The first-order chi connectivity index (χ1) is 8.59. The van der Waals surface area contributed by atoms with Gasteiger partial charge in [-0.2, -0.15) is 0 Å². The third kappa shape index (κ3) is 2.35. The van der Waals surface area contributed by atoms with Crippen LogP contribution >= 0.6 is 0 Å². The van der Waals surface area contributed by atoms with Crippen molar-refractivity contribution < 1.29 is 14.6 Å². The van der Waals surface area contributed by atoms with E-state index in [9.17, 15) is 4.79 Å². The summed E-state index contributed by atoms with van der Waals surface area (Å²) in [4.78, 5) is 10.7. The summed E-state index contributed by atoms with van der Waals surface area (Å²) in [6.07, 6.45) is -1.30. The number of carboxylic acid groups (broad SMARTS) is 1. The predicted molar refractivity (Wildman–Crippen MR) is 70.0 cm³/mol. The van der Waals surface area contributed by atoms with Gasteiger partial charge in [-0.1, -0.05) is 36.4 Å². The molecule has 2 aromatic carbocycles. The number of benzene rings is 2. The predicted octanol–water partition coefficient (Wildman–Crippen LogP) is 4.03. The van der Waals surface area contributed by atoms with Crippen molar-refractivity contribution >= 4 is 6.16 Å². The van der Waals surface area contributed by atoms with E-state index in [2.05, 4.69) is 0 Å². The first-order valence-electron chi connectivity index (χ1n) is 5.66. The van der Waals surface area contributed by atoms with Gasteiger partial charge in [-0.15, -0.1) is 0 Å². The highest BCUT2D eigenvalue weighted by atomic mass is 16.7. The molecule has 2 rings (SSSR count). The van der Waals surface area contributed by atoms with E-state index in [0.717, 1.165) is 22.3 Å². The Kier molecular flexibility index (Phi) is 3.33. The normalized spacial score (nSPS) is 10.1. The lowest BCUT2D eigenvalue weighted by atomic mass is 9.95. The highest BCUT2D eigenvalue weighted by Gasteiger charge is 2.12. The molecule has 0 bridgehead atoms. The molecule has 0 saturated carbocycles. The van der Waals surface area contributed by atoms with Crippen LogP contribution in [0.3, 0.4) is 0 Å². The molecule has 3 nitrogen and oxygen atoms in total. The van der Waals surface area contributed by atoms with Gasteiger partial charge >= 0.3 is 6.16 Å². The Bertz CT molecular complexity index is 568. The molecule has 0 aromatic heterocycles. The quantitative estimate of drug-likeness (QED) is 0.639. The highest BCUT2D eigenvalue weighted by Crippen LogP contribution is 2.34. The standard InChI is InChI=1S/C15H14O3/c1-10-6-5-7-11(2)14(10)12-8-3-4-9-13(12)18-15(16)17/h3-9H,1-2H3,(H,16,17). The third-order valence-electron chi connectivity index (χ3n) is 2.83. The van der Waals surface area contributed by atoms with Crippen molar-refractivity contribution in [2.75, 3.05) is 0 Å². The Morgan fingerprint density at radius 3 is 2.22 bits per heavy atom. The van der Waals surface area contributed by atoms with Crippen LogP contribution in [0, 0.1) is 13.8 Å². The SMILES string of the molecule is Cc1cccc(C)c1-c1ccccc1OC(=O)O. The van der Waals surface area contributed by atoms with Crippen molar-refractivity contribution in [3.05, 3.63) is 53.6 Å². The molecular weight excluding hydrogens is 228 g/mol. The first kappa shape index (κ1) is 12.2. The summed E-state index contributed by atoms with van der Waals surface area (Å²) in [5.41, 5.74) is 4.01. The summed E-state index contributed by atoms with van der Waals surface area (Å²) < 4.78 is 4.83. The molecule has 0 aliphatic heterocycles. The van der Waals surface area contributed by atoms with Crippen LogP contribution < -0.4 is 4.74 Å². The zero-order valence-electron chi connectivity index (χ0n) is 10.3. The molecule has 0 fully saturated rings. The van der Waals surface area contributed by atoms with Crippen LogP contribution in [0.15, 0.2) is 42.5 Å². The Morgan fingerprint density at radius 1 is 1.00 bits per heavy atom. The summed E-state index contributed by atoms with van der Waals surface area (Å²) in [5.74, 6) is 0.363. The molecule has 3 heteroatoms. The van der Waals surface area contributed by atoms with Crippen molar-refractivity contribution in [2.24, 2.45) is 0 Å². The van der Waals surface area contributed by atoms with E-state index < -0.39 is 6.16 Å². The van der Waals surface area contributed by atoms with Gasteiger partial charge in [0.1, 0.15) is 5.75 Å². The fourth-order valence-corrected chi connectivity index (χ4v) is 2.10. The van der Waals surface area contributed by atoms with E-state index in [4.69, 9.17) is 9.84 Å². The molecule has 1 N–H and O–H groups in total. The van der Waals surface area contributed by atoms with Gasteiger partial charge < -0.3 is 9.84 Å². The maximum absolute atomic E-state index is 10.7. The minimum atomic E-state index is -1.30. The van der Waals surface area contributed by atoms with Gasteiger partial charge in [0.25, 0.3) is 0 Å². The lowest BCUT2D eigenvalue weighted by Crippen LogP contribution is -2.04. The van der Waals surface area contributed by atoms with Crippen LogP contribution in [0.1, 0.15) is 11.1 Å². The van der Waals surface area contributed by atoms with Crippen LogP contribution in [-0.2, 0) is 0 Å². The molecule has 0 aliphatic rings. The summed E-state index contributed by atoms with van der Waals surface area (Å²) in [6, 6.07) is 13.1. The maximum Gasteiger partial charge on any atom is 0.511 e. The Balaban J connectivity index is 2.60. The third-order valence-corrected chi connectivity index (χ3v) is 2.83. The number of rotatable bonds is 2. The second-order valence-electron chi connectivity index (χ2n) is 4.13. The van der Waals surface area contributed by atoms with Crippen LogP contribution in [0.25, 0.3) is 11.1 Å². The number of para-hydroxylation sites is 1. The number of ether oxygens (including phenoxy) is 1. The molecule has 0 aliphatic carbocycles. The monoisotopic (exact) mass is 242 g/mol. The van der Waals surface area contributed by atoms with E-state index in [1.54, 1.807) is 12.1 Å². The van der Waals surface area contributed by atoms with Gasteiger partial charge in [-0.25, -0.2) is 4.79 Å². The zero-order valence-corrected chi connectivity index (χ0v) is 10.3. The molecule has 2 aromatic rings. The molecule has 0 spiro atoms. The smallest absolute Gasteiger partial charge is 0.449 e. The fourth-order valence-electron chi connectivity index (χ4n) is 2.10. The minimum absolute atomic E-state index is 0.363. The maximum atomic E-state index is 10.7. The molecule has 0 amide bonds. The van der Waals surface area contributed by atoms with Crippen molar-refractivity contribution in [2.45, 2.75) is 13.8 Å². The summed E-state index contributed by atoms with van der Waals surface area (Å²) in [6.45, 7) is 4.00. The van der Waals surface area contributed by atoms with Gasteiger partial charge in [0, 0.05) is 5.56 Å². The first-order valence-corrected chi connectivity index (χ1v) is 5.66. The van der Waals surface area contributed by atoms with Crippen LogP contribution in [-0.4, -0.2) is 11.3 Å². The van der Waals surface area contributed by atoms with Gasteiger partial charge in [-0.3, -0.25) is 0 Å². The summed E-state index contributed by atoms with van der Waals surface area (Å²) in [5, 5.41) is 8.75. The Labute approximate surface area is 106 Å². The second-order valence-corrected chi connectivity index (χ2v) is 4.13. The van der Waals surface area contributed by atoms with E-state index in [1.807, 2.05) is 44.2 Å². The van der Waals surface area contributed by atoms with Crippen LogP contribution in [0.5, 0.6) is 5.75 Å². The number of hydrogen-bond acceptors (Lipinski definition) is 2. The molecular formula is C15H14O3. The summed E-state index contributed by atoms with van der Waals surface area (Å²) >= 11 is 0. The van der Waals surface area contributed by atoms with Crippen LogP contribution in [0.4, 0.5) is 4.79 Å². The molecule has 92 valence electrons. The molecule has 0 atom stereocenters. The molecule has 0 saturated heterocycles. The van der Waals surface area contributed by atoms with E-state index in [1.165, 1.54) is 0 Å². The average molecular weight is 242 g/mol. The summed E-state index contributed by atoms with van der Waals surface area (Å²) in [7, 11) is 0. The van der Waals surface area contributed by atoms with Crippen molar-refractivity contribution in [1.29, 1.82) is 0 Å². The number of carbonyl (C=O) groups is 1. The largest absolute Gasteiger partial charge is 0.511 e. The number of hydrogen-bond donors (Lipinski definition) is 1. The van der Waals surface area contributed by atoms with Gasteiger partial charge in [0.05, 0.1) is 0 Å². The zero-order chi connectivity index (χ0) is 13.1. The van der Waals surface area contributed by atoms with Gasteiger partial charge in [-0.05, 0) is 36.6 Å². The van der Waals surface area contributed by atoms with Crippen molar-refractivity contribution in [1.82, 2.24) is 0 Å². The molecule has 0 heterocycles. The van der Waals surface area contributed by atoms with Crippen LogP contribution in [0.2, 0.25) is 0 Å². The van der Waals surface area contributed by atoms with Gasteiger partial charge in [0.2, 0.25) is 0 Å². The van der Waals surface area contributed by atoms with Gasteiger partial charge in [0.15, 0.2) is 0 Å². The minimum Gasteiger partial charge on any atom is -0.449 e. The Morgan fingerprint density at radius 2 is 1.61 bits per heavy atom. The fraction of sp³-hybridized carbons (Fsp3) is 0.133. The van der Waals surface area contributed by atoms with Crippen molar-refractivity contribution in [3.63, 3.8) is 0 Å². The average Bonchev–Trinajstić information content (AvgIpc) is 2.30. The highest BCUT2D eigenvalue weighted by molar-refractivity contribution is 5.78. The van der Waals surface area contributed by atoms with E-state index >= 15 is 0 Å². The number of aryl methyl sites for hydroxylation is 2. The molecule has 0 radical (unpaired) electrons. The second kappa shape index (κ2) is 4.92. The lowest BCUT2D eigenvalue weighted by molar-refractivity contribution is 0.144. The van der Waals surface area contributed by atoms with Crippen molar-refractivity contribution in [3.8, 4) is 16.9 Å². The molecule has 18 heavy (non-hydrogen) atoms.